The van der Waals surface area contributed by atoms with Gasteiger partial charge < -0.3 is 0 Å². The standard InChI is InChI=1S/C15H9F2.C9H13.C2H6Si.Zr/c16-11-6-8-14(15(17)9-11)13-7-5-10-3-1-2-4-12(10)13;1-6-5-7(2)9(4)8(6)3;1-3-2;/h1-9H;5H,1-4H3;1-2H3;/q2*-1;;+2. The Labute approximate surface area is 194 Å². The van der Waals surface area contributed by atoms with Gasteiger partial charge in [-0.1, -0.05) is 39.8 Å². The van der Waals surface area contributed by atoms with Gasteiger partial charge in [-0.05, 0) is 11.6 Å². The first-order valence-electron chi connectivity index (χ1n) is 9.93. The fraction of sp³-hybridized carbons (Fsp3) is 0.231. The van der Waals surface area contributed by atoms with E-state index in [9.17, 15) is 8.78 Å². The van der Waals surface area contributed by atoms with Gasteiger partial charge in [0.15, 0.2) is 0 Å². The number of halogens is 2. The van der Waals surface area contributed by atoms with Crippen molar-refractivity contribution in [3.63, 3.8) is 0 Å². The molecule has 0 atom stereocenters. The van der Waals surface area contributed by atoms with E-state index in [0.717, 1.165) is 22.4 Å². The maximum absolute atomic E-state index is 13.7. The molecule has 0 bridgehead atoms. The van der Waals surface area contributed by atoms with Crippen molar-refractivity contribution >= 4 is 16.2 Å². The van der Waals surface area contributed by atoms with Crippen molar-refractivity contribution < 1.29 is 32.1 Å². The summed E-state index contributed by atoms with van der Waals surface area (Å²) in [7, 11) is 0. The topological polar surface area (TPSA) is 0 Å². The van der Waals surface area contributed by atoms with Gasteiger partial charge in [0, 0.05) is 6.07 Å². The first kappa shape index (κ1) is 24.6. The van der Waals surface area contributed by atoms with E-state index in [-0.39, 0.29) is 5.43 Å². The van der Waals surface area contributed by atoms with E-state index in [1.807, 2.05) is 36.4 Å². The summed E-state index contributed by atoms with van der Waals surface area (Å²) in [6.07, 6.45) is 0. The Morgan fingerprint density at radius 1 is 0.833 bits per heavy atom. The van der Waals surface area contributed by atoms with E-state index < -0.39 is 11.6 Å². The summed E-state index contributed by atoms with van der Waals surface area (Å²) < 4.78 is 26.6. The zero-order valence-electron chi connectivity index (χ0n) is 18.5. The molecule has 0 aromatic heterocycles. The van der Waals surface area contributed by atoms with Crippen LogP contribution in [0.15, 0.2) is 60.7 Å². The van der Waals surface area contributed by atoms with Crippen molar-refractivity contribution in [2.24, 2.45) is 0 Å². The number of fused-ring (bicyclic) bond motifs is 1. The van der Waals surface area contributed by atoms with Gasteiger partial charge in [-0.15, -0.1) is 46.7 Å². The molecule has 0 fully saturated rings. The fourth-order valence-corrected chi connectivity index (χ4v) is 3.23. The first-order valence-corrected chi connectivity index (χ1v) is 16.1. The Morgan fingerprint density at radius 2 is 1.40 bits per heavy atom. The van der Waals surface area contributed by atoms with Gasteiger partial charge in [0.25, 0.3) is 0 Å². The van der Waals surface area contributed by atoms with E-state index in [2.05, 4.69) is 46.9 Å². The molecule has 4 aromatic carbocycles. The maximum atomic E-state index is 13.7. The van der Waals surface area contributed by atoms with Crippen molar-refractivity contribution in [3.8, 4) is 11.1 Å². The summed E-state index contributed by atoms with van der Waals surface area (Å²) in [5.74, 6) is -1.08. The van der Waals surface area contributed by atoms with Gasteiger partial charge in [0.1, 0.15) is 11.6 Å². The monoisotopic (exact) mass is 496 g/mol. The van der Waals surface area contributed by atoms with Crippen LogP contribution in [0.25, 0.3) is 21.9 Å². The van der Waals surface area contributed by atoms with Crippen LogP contribution in [0.4, 0.5) is 8.78 Å². The average Bonchev–Trinajstić information content (AvgIpc) is 3.19. The summed E-state index contributed by atoms with van der Waals surface area (Å²) in [6, 6.07) is 17.5. The van der Waals surface area contributed by atoms with Gasteiger partial charge in [-0.3, -0.25) is 0 Å². The fourth-order valence-electron chi connectivity index (χ4n) is 3.23. The molecule has 0 unspecified atom stereocenters. The molecule has 0 N–H and O–H groups in total. The molecule has 0 heterocycles. The summed E-state index contributed by atoms with van der Waals surface area (Å²) in [5.41, 5.74) is 7.20. The third kappa shape index (κ3) is 6.43. The molecule has 0 aliphatic heterocycles. The predicted octanol–water partition coefficient (Wildman–Crippen LogP) is 7.93. The molecule has 4 aromatic rings. The second-order valence-corrected chi connectivity index (χ2v) is 17.1. The van der Waals surface area contributed by atoms with Gasteiger partial charge in [0.05, 0.1) is 0 Å². The Kier molecular flexibility index (Phi) is 9.12. The molecule has 0 aliphatic rings. The molecule has 0 saturated heterocycles. The molecular formula is C26H28F2SiZr. The van der Waals surface area contributed by atoms with Crippen molar-refractivity contribution in [1.29, 1.82) is 0 Å². The summed E-state index contributed by atoms with van der Waals surface area (Å²) in [6.45, 7) is 13.3. The summed E-state index contributed by atoms with van der Waals surface area (Å²) >= 11 is 1.74. The van der Waals surface area contributed by atoms with Gasteiger partial charge in [-0.25, -0.2) is 8.78 Å². The summed E-state index contributed by atoms with van der Waals surface area (Å²) in [4.78, 5) is 0. The summed E-state index contributed by atoms with van der Waals surface area (Å²) in [5, 5.41) is 2.05. The molecule has 0 amide bonds. The number of benzene rings is 2. The Bertz CT molecular complexity index is 1120. The third-order valence-electron chi connectivity index (χ3n) is 5.08. The second kappa shape index (κ2) is 11.1. The number of hydrogen-bond acceptors (Lipinski definition) is 0. The molecule has 0 radical (unpaired) electrons. The minimum atomic E-state index is -0.554. The molecule has 0 aliphatic carbocycles. The van der Waals surface area contributed by atoms with Crippen LogP contribution in [-0.4, -0.2) is 5.43 Å². The van der Waals surface area contributed by atoms with Crippen LogP contribution >= 0.6 is 0 Å². The average molecular weight is 498 g/mol. The molecule has 0 nitrogen and oxygen atoms in total. The van der Waals surface area contributed by atoms with E-state index in [0.29, 0.717) is 5.56 Å². The third-order valence-corrected chi connectivity index (χ3v) is 5.08. The molecular weight excluding hydrogens is 470 g/mol. The number of hydrogen-bond donors (Lipinski definition) is 0. The Morgan fingerprint density at radius 3 is 1.90 bits per heavy atom. The van der Waals surface area contributed by atoms with Crippen molar-refractivity contribution in [1.82, 2.24) is 0 Å². The minimum Gasteiger partial charge on any atom is -0.207 e. The normalized spacial score (nSPS) is 10.2. The molecule has 30 heavy (non-hydrogen) atoms. The van der Waals surface area contributed by atoms with E-state index in [1.165, 1.54) is 34.4 Å². The van der Waals surface area contributed by atoms with E-state index in [1.54, 1.807) is 23.3 Å². The SMILES string of the molecule is C[Si](C)=[Zr+2].Cc1[cH-]c(C)c(C)c1C.Fc1ccc(-c2c[cH-]c3ccccc23)c(F)c1. The minimum absolute atomic E-state index is 0.210. The van der Waals surface area contributed by atoms with Crippen LogP contribution < -0.4 is 0 Å². The van der Waals surface area contributed by atoms with Gasteiger partial charge >= 0.3 is 41.9 Å². The Hall–Kier alpha value is -1.64. The molecule has 0 spiro atoms. The van der Waals surface area contributed by atoms with Crippen molar-refractivity contribution in [3.05, 3.63) is 94.6 Å². The predicted molar refractivity (Wildman–Crippen MR) is 123 cm³/mol. The largest absolute Gasteiger partial charge is 0.207 e. The maximum Gasteiger partial charge on any atom is 0.126 e. The van der Waals surface area contributed by atoms with Gasteiger partial charge in [0.2, 0.25) is 0 Å². The number of aryl methyl sites for hydroxylation is 2. The van der Waals surface area contributed by atoms with Crippen molar-refractivity contribution in [2.75, 3.05) is 0 Å². The van der Waals surface area contributed by atoms with Crippen LogP contribution in [-0.2, 0) is 23.3 Å². The molecule has 154 valence electrons. The second-order valence-electron chi connectivity index (χ2n) is 7.72. The zero-order valence-corrected chi connectivity index (χ0v) is 22.0. The number of rotatable bonds is 1. The molecule has 4 heteroatoms. The van der Waals surface area contributed by atoms with Crippen LogP contribution in [0.5, 0.6) is 0 Å². The van der Waals surface area contributed by atoms with Crippen LogP contribution in [0, 0.1) is 39.3 Å². The quantitative estimate of drug-likeness (QED) is 0.185. The first-order chi connectivity index (χ1) is 14.1. The van der Waals surface area contributed by atoms with Crippen LogP contribution in [0.2, 0.25) is 13.1 Å². The van der Waals surface area contributed by atoms with Gasteiger partial charge in [-0.2, -0.15) is 28.3 Å². The van der Waals surface area contributed by atoms with Crippen LogP contribution in [0.1, 0.15) is 22.3 Å². The molecule has 0 saturated carbocycles. The van der Waals surface area contributed by atoms with Crippen LogP contribution in [0.3, 0.4) is 0 Å². The Balaban J connectivity index is 0.000000207. The zero-order chi connectivity index (χ0) is 22.4. The van der Waals surface area contributed by atoms with Crippen molar-refractivity contribution in [2.45, 2.75) is 40.8 Å². The van der Waals surface area contributed by atoms with E-state index >= 15 is 0 Å². The smallest absolute Gasteiger partial charge is 0.126 e. The van der Waals surface area contributed by atoms with E-state index in [4.69, 9.17) is 0 Å². The molecule has 4 rings (SSSR count).